The Morgan fingerprint density at radius 1 is 1.24 bits per heavy atom. The smallest absolute Gasteiger partial charge is 0.0693 e. The number of hydrogen-bond donors (Lipinski definition) is 3. The van der Waals surface area contributed by atoms with Crippen molar-refractivity contribution in [3.8, 4) is 0 Å². The third kappa shape index (κ3) is 2.36. The maximum Gasteiger partial charge on any atom is 0.0693 e. The first-order valence-electron chi connectivity index (χ1n) is 10.5. The highest BCUT2D eigenvalue weighted by Gasteiger charge is 2.56. The lowest BCUT2D eigenvalue weighted by atomic mass is 9.67. The number of fused-ring (bicyclic) bond motifs is 8. The van der Waals surface area contributed by atoms with Crippen LogP contribution in [0, 0.1) is 23.2 Å². The minimum Gasteiger partial charge on any atom is -0.388 e. The van der Waals surface area contributed by atoms with E-state index in [1.54, 1.807) is 17.7 Å². The summed E-state index contributed by atoms with van der Waals surface area (Å²) in [6, 6.07) is 11.9. The molecule has 4 nitrogen and oxygen atoms in total. The summed E-state index contributed by atoms with van der Waals surface area (Å²) < 4.78 is 7.26. The summed E-state index contributed by atoms with van der Waals surface area (Å²) in [5.41, 5.74) is 7.65. The molecular weight excluding hydrogens is 396 g/mol. The molecule has 2 aliphatic carbocycles. The zero-order chi connectivity index (χ0) is 19.7. The Labute approximate surface area is 179 Å². The fraction of sp³-hybridized carbons (Fsp3) is 0.435. The van der Waals surface area contributed by atoms with E-state index in [-0.39, 0.29) is 0 Å². The number of aromatic amines is 1. The molecule has 5 atom stereocenters. The summed E-state index contributed by atoms with van der Waals surface area (Å²) in [5.74, 6) is 2.77. The molecule has 3 unspecified atom stereocenters. The average molecular weight is 423 g/mol. The number of nitrogens with one attached hydrogen (secondary N) is 3. The van der Waals surface area contributed by atoms with Crippen LogP contribution in [0.2, 0.25) is 0 Å². The van der Waals surface area contributed by atoms with E-state index in [0.717, 1.165) is 23.1 Å². The van der Waals surface area contributed by atoms with Crippen LogP contribution in [-0.4, -0.2) is 23.9 Å². The van der Waals surface area contributed by atoms with Crippen molar-refractivity contribution in [1.29, 1.82) is 5.41 Å². The van der Waals surface area contributed by atoms with E-state index >= 15 is 0 Å². The van der Waals surface area contributed by atoms with E-state index in [9.17, 15) is 0 Å². The second-order valence-corrected chi connectivity index (χ2v) is 10.3. The molecule has 150 valence electrons. The predicted octanol–water partition coefficient (Wildman–Crippen LogP) is 6.24. The lowest BCUT2D eigenvalue weighted by Crippen LogP contribution is -2.40. The van der Waals surface area contributed by atoms with Crippen molar-refractivity contribution in [3.63, 3.8) is 0 Å². The van der Waals surface area contributed by atoms with Crippen LogP contribution in [0.25, 0.3) is 10.2 Å². The molecule has 2 saturated carbocycles. The van der Waals surface area contributed by atoms with Gasteiger partial charge in [0.25, 0.3) is 0 Å². The standard InChI is InChI=1S/C23H26N4S2/c1-25-16-7-8-18-22(15(16)11-24)20-12-3-4-13(9-12)21(20)23(27(18)28-2)14-5-6-17-19(10-14)29-26-17/h5-8,10-13,20-21,23-26H,3-4,9H2,1-2H3/t12?,13?,20?,21-,23+/m1/s1. The van der Waals surface area contributed by atoms with Crippen LogP contribution >= 0.6 is 23.5 Å². The summed E-state index contributed by atoms with van der Waals surface area (Å²) in [6.45, 7) is 0. The van der Waals surface area contributed by atoms with Crippen LogP contribution < -0.4 is 9.62 Å². The van der Waals surface area contributed by atoms with Crippen molar-refractivity contribution in [2.45, 2.75) is 31.2 Å². The van der Waals surface area contributed by atoms with Gasteiger partial charge in [-0.15, -0.1) is 0 Å². The quantitative estimate of drug-likeness (QED) is 0.345. The number of hydrogen-bond acceptors (Lipinski definition) is 5. The molecule has 6 heteroatoms. The van der Waals surface area contributed by atoms with Gasteiger partial charge in [0.2, 0.25) is 0 Å². The van der Waals surface area contributed by atoms with Gasteiger partial charge in [-0.25, -0.2) is 0 Å². The topological polar surface area (TPSA) is 54.9 Å². The first-order valence-corrected chi connectivity index (χ1v) is 12.5. The van der Waals surface area contributed by atoms with Crippen molar-refractivity contribution in [3.05, 3.63) is 47.0 Å². The molecule has 2 bridgehead atoms. The summed E-state index contributed by atoms with van der Waals surface area (Å²) in [4.78, 5) is 0. The molecule has 1 aromatic heterocycles. The molecule has 3 aliphatic rings. The Balaban J connectivity index is 1.59. The molecule has 29 heavy (non-hydrogen) atoms. The zero-order valence-electron chi connectivity index (χ0n) is 16.7. The second-order valence-electron chi connectivity index (χ2n) is 8.70. The van der Waals surface area contributed by atoms with Crippen LogP contribution in [0.15, 0.2) is 30.3 Å². The molecule has 2 heterocycles. The molecular formula is C23H26N4S2. The number of nitrogens with zero attached hydrogens (tertiary/aromatic N) is 1. The Morgan fingerprint density at radius 2 is 2.10 bits per heavy atom. The van der Waals surface area contributed by atoms with Gasteiger partial charge in [0.1, 0.15) is 0 Å². The van der Waals surface area contributed by atoms with Crippen molar-refractivity contribution in [2.24, 2.45) is 17.8 Å². The second kappa shape index (κ2) is 6.54. The number of H-pyrrole nitrogens is 1. The Kier molecular flexibility index (Phi) is 4.04. The van der Waals surface area contributed by atoms with Gasteiger partial charge in [-0.2, -0.15) is 0 Å². The maximum atomic E-state index is 8.21. The molecule has 2 aromatic carbocycles. The molecule has 3 aromatic rings. The molecule has 0 radical (unpaired) electrons. The minimum absolute atomic E-state index is 0.406. The fourth-order valence-corrected chi connectivity index (χ4v) is 8.10. The molecule has 2 fully saturated rings. The van der Waals surface area contributed by atoms with Crippen molar-refractivity contribution in [2.75, 3.05) is 22.9 Å². The number of benzene rings is 2. The van der Waals surface area contributed by atoms with Gasteiger partial charge >= 0.3 is 0 Å². The Bertz CT molecular complexity index is 1100. The SMILES string of the molecule is CNc1ccc2c(c1C=N)C1C3CCC(C3)[C@H]1[C@H](c1ccc3[nH]sc3c1)N2SC. The van der Waals surface area contributed by atoms with Crippen LogP contribution in [0.1, 0.15) is 47.9 Å². The Morgan fingerprint density at radius 3 is 2.79 bits per heavy atom. The first-order chi connectivity index (χ1) is 14.2. The van der Waals surface area contributed by atoms with E-state index in [2.05, 4.69) is 50.6 Å². The van der Waals surface area contributed by atoms with Gasteiger partial charge in [-0.05, 0) is 78.3 Å². The Hall–Kier alpha value is -1.92. The van der Waals surface area contributed by atoms with E-state index in [4.69, 9.17) is 5.41 Å². The largest absolute Gasteiger partial charge is 0.388 e. The summed E-state index contributed by atoms with van der Waals surface area (Å²) in [5, 5.41) is 11.5. The van der Waals surface area contributed by atoms with E-state index in [1.165, 1.54) is 46.3 Å². The van der Waals surface area contributed by atoms with E-state index in [0.29, 0.717) is 17.9 Å². The molecule has 3 N–H and O–H groups in total. The third-order valence-electron chi connectivity index (χ3n) is 7.66. The van der Waals surface area contributed by atoms with Crippen LogP contribution in [-0.2, 0) is 0 Å². The van der Waals surface area contributed by atoms with E-state index < -0.39 is 0 Å². The third-order valence-corrected chi connectivity index (χ3v) is 9.36. The normalized spacial score (nSPS) is 29.9. The highest BCUT2D eigenvalue weighted by molar-refractivity contribution is 8.00. The number of aromatic nitrogens is 1. The highest BCUT2D eigenvalue weighted by Crippen LogP contribution is 2.66. The average Bonchev–Trinajstić information content (AvgIpc) is 3.35. The van der Waals surface area contributed by atoms with Gasteiger partial charge in [-0.3, -0.25) is 0 Å². The van der Waals surface area contributed by atoms with Crippen molar-refractivity contribution in [1.82, 2.24) is 4.37 Å². The molecule has 0 saturated heterocycles. The monoisotopic (exact) mass is 422 g/mol. The molecule has 1 aliphatic heterocycles. The van der Waals surface area contributed by atoms with Gasteiger partial charge in [-0.1, -0.05) is 29.5 Å². The molecule has 0 amide bonds. The summed E-state index contributed by atoms with van der Waals surface area (Å²) in [6.07, 6.45) is 7.86. The zero-order valence-corrected chi connectivity index (χ0v) is 18.4. The van der Waals surface area contributed by atoms with Gasteiger partial charge < -0.3 is 19.4 Å². The summed E-state index contributed by atoms with van der Waals surface area (Å²) >= 11 is 3.59. The molecule has 0 spiro atoms. The van der Waals surface area contributed by atoms with Crippen LogP contribution in [0.4, 0.5) is 11.4 Å². The lowest BCUT2D eigenvalue weighted by molar-refractivity contribution is 0.239. The highest BCUT2D eigenvalue weighted by atomic mass is 32.2. The van der Waals surface area contributed by atoms with Crippen molar-refractivity contribution >= 4 is 51.3 Å². The van der Waals surface area contributed by atoms with Gasteiger partial charge in [0.15, 0.2) is 0 Å². The van der Waals surface area contributed by atoms with Crippen LogP contribution in [0.5, 0.6) is 0 Å². The predicted molar refractivity (Wildman–Crippen MR) is 126 cm³/mol. The van der Waals surface area contributed by atoms with E-state index in [1.807, 2.05) is 19.0 Å². The molecule has 6 rings (SSSR count). The minimum atomic E-state index is 0.406. The fourth-order valence-electron chi connectivity index (χ4n) is 6.59. The first kappa shape index (κ1) is 17.9. The van der Waals surface area contributed by atoms with Crippen molar-refractivity contribution < 1.29 is 0 Å². The van der Waals surface area contributed by atoms with Gasteiger partial charge in [0, 0.05) is 30.8 Å². The van der Waals surface area contributed by atoms with Crippen LogP contribution in [0.3, 0.4) is 0 Å². The lowest BCUT2D eigenvalue weighted by Gasteiger charge is -2.49. The maximum absolute atomic E-state index is 8.21. The summed E-state index contributed by atoms with van der Waals surface area (Å²) in [7, 11) is 1.97. The number of anilines is 2. The van der Waals surface area contributed by atoms with Gasteiger partial charge in [0.05, 0.1) is 21.9 Å². The number of rotatable bonds is 4.